The number of benzene rings is 2. The highest BCUT2D eigenvalue weighted by Gasteiger charge is 2.10. The molecule has 0 aromatic heterocycles. The van der Waals surface area contributed by atoms with Crippen molar-refractivity contribution in [2.45, 2.75) is 0 Å². The molecule has 0 saturated carbocycles. The summed E-state index contributed by atoms with van der Waals surface area (Å²) in [6.45, 7) is 0. The molecule has 2 rings (SSSR count). The second-order valence-corrected chi connectivity index (χ2v) is 3.95. The summed E-state index contributed by atoms with van der Waals surface area (Å²) in [7, 11) is 0. The molecule has 0 aliphatic heterocycles. The van der Waals surface area contributed by atoms with Crippen molar-refractivity contribution < 1.29 is 14.5 Å². The van der Waals surface area contributed by atoms with Crippen molar-refractivity contribution in [3.05, 3.63) is 58.6 Å². The maximum absolute atomic E-state index is 10.8. The Bertz CT molecular complexity index is 625. The number of nitro benzene ring substituents is 1. The molecule has 0 fully saturated rings. The lowest BCUT2D eigenvalue weighted by atomic mass is 10.0. The van der Waals surface area contributed by atoms with Gasteiger partial charge < -0.3 is 4.74 Å². The van der Waals surface area contributed by atoms with E-state index in [0.29, 0.717) is 16.9 Å². The molecular weight excluding hydrogens is 270 g/mol. The number of para-hydroxylation sites is 1. The fraction of sp³-hybridized carbons (Fsp3) is 0. The molecule has 96 valence electrons. The lowest BCUT2D eigenvalue weighted by molar-refractivity contribution is -0.384. The van der Waals surface area contributed by atoms with Crippen molar-refractivity contribution in [1.82, 2.24) is 0 Å². The van der Waals surface area contributed by atoms with Crippen LogP contribution in [0.25, 0.3) is 11.1 Å². The van der Waals surface area contributed by atoms with Gasteiger partial charge in [0.25, 0.3) is 5.69 Å². The molecule has 6 heteroatoms. The molecule has 0 heterocycles. The third-order valence-corrected chi connectivity index (χ3v) is 2.54. The van der Waals surface area contributed by atoms with Crippen LogP contribution >= 0.6 is 11.6 Å². The van der Waals surface area contributed by atoms with E-state index in [1.807, 2.05) is 0 Å². The Hall–Kier alpha value is -2.40. The smallest absolute Gasteiger partial charge is 0.409 e. The molecule has 0 bridgehead atoms. The van der Waals surface area contributed by atoms with E-state index < -0.39 is 10.4 Å². The molecule has 0 amide bonds. The Morgan fingerprint density at radius 3 is 2.32 bits per heavy atom. The van der Waals surface area contributed by atoms with Gasteiger partial charge in [-0.1, -0.05) is 18.2 Å². The van der Waals surface area contributed by atoms with Crippen molar-refractivity contribution in [2.24, 2.45) is 0 Å². The summed E-state index contributed by atoms with van der Waals surface area (Å²) < 4.78 is 4.87. The van der Waals surface area contributed by atoms with Crippen LogP contribution < -0.4 is 4.74 Å². The second kappa shape index (κ2) is 5.49. The van der Waals surface area contributed by atoms with E-state index in [1.54, 1.807) is 36.4 Å². The predicted octanol–water partition coefficient (Wildman–Crippen LogP) is 4.00. The summed E-state index contributed by atoms with van der Waals surface area (Å²) in [5, 5.41) is 10.6. The molecule has 0 atom stereocenters. The Morgan fingerprint density at radius 1 is 1.11 bits per heavy atom. The zero-order chi connectivity index (χ0) is 13.8. The van der Waals surface area contributed by atoms with Crippen LogP contribution in [0.4, 0.5) is 10.5 Å². The van der Waals surface area contributed by atoms with Crippen molar-refractivity contribution in [1.29, 1.82) is 0 Å². The third-order valence-electron chi connectivity index (χ3n) is 2.47. The van der Waals surface area contributed by atoms with Gasteiger partial charge in [-0.05, 0) is 23.8 Å². The molecule has 19 heavy (non-hydrogen) atoms. The Morgan fingerprint density at radius 2 is 1.74 bits per heavy atom. The lowest BCUT2D eigenvalue weighted by Crippen LogP contribution is -1.97. The topological polar surface area (TPSA) is 69.4 Å². The number of hydrogen-bond acceptors (Lipinski definition) is 4. The maximum Gasteiger partial charge on any atom is 0.409 e. The van der Waals surface area contributed by atoms with E-state index in [1.165, 1.54) is 12.1 Å². The van der Waals surface area contributed by atoms with Gasteiger partial charge in [-0.15, -0.1) is 0 Å². The van der Waals surface area contributed by atoms with Crippen LogP contribution in [-0.4, -0.2) is 10.4 Å². The molecule has 0 aliphatic carbocycles. The van der Waals surface area contributed by atoms with Gasteiger partial charge in [-0.2, -0.15) is 0 Å². The summed E-state index contributed by atoms with van der Waals surface area (Å²) in [5.74, 6) is 0.302. The van der Waals surface area contributed by atoms with E-state index in [-0.39, 0.29) is 5.69 Å². The average molecular weight is 278 g/mol. The zero-order valence-corrected chi connectivity index (χ0v) is 10.3. The Balaban J connectivity index is 2.41. The number of carbonyl (C=O) groups excluding carboxylic acids is 1. The molecule has 0 saturated heterocycles. The van der Waals surface area contributed by atoms with Crippen molar-refractivity contribution in [3.8, 4) is 16.9 Å². The number of hydrogen-bond donors (Lipinski definition) is 0. The molecule has 0 N–H and O–H groups in total. The standard InChI is InChI=1S/C13H8ClNO4/c14-13(16)19-12-4-2-1-3-11(12)9-5-7-10(8-6-9)15(17)18/h1-8H. The number of carbonyl (C=O) groups is 1. The van der Waals surface area contributed by atoms with Crippen LogP contribution in [0, 0.1) is 10.1 Å². The first-order valence-electron chi connectivity index (χ1n) is 5.29. The van der Waals surface area contributed by atoms with Crippen LogP contribution in [0.2, 0.25) is 0 Å². The number of non-ortho nitro benzene ring substituents is 1. The highest BCUT2D eigenvalue weighted by molar-refractivity contribution is 6.61. The first-order chi connectivity index (χ1) is 9.08. The van der Waals surface area contributed by atoms with E-state index in [2.05, 4.69) is 0 Å². The second-order valence-electron chi connectivity index (χ2n) is 3.64. The molecule has 0 spiro atoms. The highest BCUT2D eigenvalue weighted by Crippen LogP contribution is 2.31. The van der Waals surface area contributed by atoms with Crippen LogP contribution in [0.3, 0.4) is 0 Å². The highest BCUT2D eigenvalue weighted by atomic mass is 35.5. The minimum absolute atomic E-state index is 0.00410. The number of halogens is 1. The van der Waals surface area contributed by atoms with Gasteiger partial charge in [0.05, 0.1) is 4.92 Å². The van der Waals surface area contributed by atoms with Crippen molar-refractivity contribution >= 4 is 22.7 Å². The van der Waals surface area contributed by atoms with Crippen molar-refractivity contribution in [2.75, 3.05) is 0 Å². The van der Waals surface area contributed by atoms with Crippen LogP contribution in [0.1, 0.15) is 0 Å². The van der Waals surface area contributed by atoms with Crippen LogP contribution in [-0.2, 0) is 0 Å². The average Bonchev–Trinajstić information content (AvgIpc) is 2.39. The largest absolute Gasteiger partial charge is 0.414 e. The van der Waals surface area contributed by atoms with E-state index in [4.69, 9.17) is 16.3 Å². The van der Waals surface area contributed by atoms with Crippen LogP contribution in [0.15, 0.2) is 48.5 Å². The monoisotopic (exact) mass is 277 g/mol. The van der Waals surface area contributed by atoms with Gasteiger partial charge in [-0.25, -0.2) is 4.79 Å². The van der Waals surface area contributed by atoms with E-state index >= 15 is 0 Å². The molecular formula is C13H8ClNO4. The molecule has 2 aromatic carbocycles. The maximum atomic E-state index is 10.8. The summed E-state index contributed by atoms with van der Waals surface area (Å²) in [5.41, 5.74) is 0.385. The number of nitro groups is 1. The van der Waals surface area contributed by atoms with Crippen molar-refractivity contribution in [3.63, 3.8) is 0 Å². The van der Waals surface area contributed by atoms with Gasteiger partial charge in [0.15, 0.2) is 0 Å². The summed E-state index contributed by atoms with van der Waals surface area (Å²) >= 11 is 5.19. The van der Waals surface area contributed by atoms with Gasteiger partial charge >= 0.3 is 5.43 Å². The summed E-state index contributed by atoms with van der Waals surface area (Å²) in [4.78, 5) is 20.9. The van der Waals surface area contributed by atoms with Gasteiger partial charge in [0, 0.05) is 29.3 Å². The third kappa shape index (κ3) is 3.08. The SMILES string of the molecule is O=C(Cl)Oc1ccccc1-c1ccc([N+](=O)[O-])cc1. The van der Waals surface area contributed by atoms with E-state index in [0.717, 1.165) is 0 Å². The van der Waals surface area contributed by atoms with E-state index in [9.17, 15) is 14.9 Å². The number of rotatable bonds is 3. The first kappa shape index (κ1) is 13.0. The van der Waals surface area contributed by atoms with Gasteiger partial charge in [0.1, 0.15) is 5.75 Å². The minimum atomic E-state index is -0.936. The summed E-state index contributed by atoms with van der Waals surface area (Å²) in [6, 6.07) is 12.7. The molecule has 2 aromatic rings. The number of ether oxygens (including phenoxy) is 1. The first-order valence-corrected chi connectivity index (χ1v) is 5.67. The quantitative estimate of drug-likeness (QED) is 0.483. The fourth-order valence-electron chi connectivity index (χ4n) is 1.64. The lowest BCUT2D eigenvalue weighted by Gasteiger charge is -2.07. The summed E-state index contributed by atoms with van der Waals surface area (Å²) in [6.07, 6.45) is 0. The van der Waals surface area contributed by atoms with Crippen LogP contribution in [0.5, 0.6) is 5.75 Å². The molecule has 0 radical (unpaired) electrons. The molecule has 5 nitrogen and oxygen atoms in total. The number of nitrogens with zero attached hydrogens (tertiary/aromatic N) is 1. The van der Waals surface area contributed by atoms with Gasteiger partial charge in [-0.3, -0.25) is 10.1 Å². The fourth-order valence-corrected chi connectivity index (χ4v) is 1.73. The molecule has 0 unspecified atom stereocenters. The Kier molecular flexibility index (Phi) is 3.77. The van der Waals surface area contributed by atoms with Gasteiger partial charge in [0.2, 0.25) is 0 Å². The molecule has 0 aliphatic rings. The zero-order valence-electron chi connectivity index (χ0n) is 9.58. The normalized spacial score (nSPS) is 9.95. The Labute approximate surface area is 113 Å². The predicted molar refractivity (Wildman–Crippen MR) is 70.4 cm³/mol. The minimum Gasteiger partial charge on any atom is -0.414 e.